The first-order valence-electron chi connectivity index (χ1n) is 12.5. The Balaban J connectivity index is 1.91. The Morgan fingerprint density at radius 2 is 1.86 bits per heavy atom. The van der Waals surface area contributed by atoms with Crippen molar-refractivity contribution in [2.75, 3.05) is 32.7 Å². The minimum atomic E-state index is -4.13. The van der Waals surface area contributed by atoms with Crippen LogP contribution < -0.4 is 22.3 Å². The molecule has 0 amide bonds. The summed E-state index contributed by atoms with van der Waals surface area (Å²) >= 11 is 0. The van der Waals surface area contributed by atoms with Crippen molar-refractivity contribution >= 4 is 18.4 Å². The molecule has 1 aromatic rings. The molecule has 0 radical (unpaired) electrons. The van der Waals surface area contributed by atoms with E-state index in [1.54, 1.807) is 6.92 Å². The Bertz CT molecular complexity index is 1310. The zero-order valence-electron chi connectivity index (χ0n) is 22.6. The van der Waals surface area contributed by atoms with Crippen LogP contribution >= 0.6 is 0 Å². The summed E-state index contributed by atoms with van der Waals surface area (Å²) in [6.07, 6.45) is -1.57. The summed E-state index contributed by atoms with van der Waals surface area (Å²) in [5, 5.41) is 3.96. The second-order valence-corrected chi connectivity index (χ2v) is 17.8. The van der Waals surface area contributed by atoms with Crippen LogP contribution in [0, 0.1) is 6.92 Å². The quantitative estimate of drug-likeness (QED) is 0.373. The van der Waals surface area contributed by atoms with Crippen LogP contribution in [0.3, 0.4) is 0 Å². The Labute approximate surface area is 218 Å². The Morgan fingerprint density at radius 1 is 1.24 bits per heavy atom. The van der Waals surface area contributed by atoms with Gasteiger partial charge in [-0.15, -0.1) is 0 Å². The highest BCUT2D eigenvalue weighted by atomic mass is 32.2. The van der Waals surface area contributed by atoms with Gasteiger partial charge in [-0.2, -0.15) is 8.42 Å². The molecule has 1 spiro atoms. The lowest BCUT2D eigenvalue weighted by Gasteiger charge is -2.43. The van der Waals surface area contributed by atoms with Crippen LogP contribution in [0.1, 0.15) is 32.6 Å². The monoisotopic (exact) mass is 557 g/mol. The maximum atomic E-state index is 13.3. The van der Waals surface area contributed by atoms with E-state index in [1.807, 2.05) is 13.1 Å². The smallest absolute Gasteiger partial charge is 0.332 e. The van der Waals surface area contributed by atoms with Crippen LogP contribution in [-0.4, -0.2) is 81.3 Å². The molecule has 14 heteroatoms. The van der Waals surface area contributed by atoms with E-state index in [4.69, 9.17) is 19.1 Å². The van der Waals surface area contributed by atoms with Gasteiger partial charge < -0.3 is 20.2 Å². The largest absolute Gasteiger partial charge is 0.406 e. The van der Waals surface area contributed by atoms with Crippen LogP contribution in [0.15, 0.2) is 26.9 Å². The summed E-state index contributed by atoms with van der Waals surface area (Å²) in [6, 6.07) is 0. The SMILES string of the molecule is Cc1cn([C@@H]2O[C@H](CN3CCNCC3)[C@@]3(OS(=O)(=O)C=C3N)[C@H]2O[Si](C)(C)C(C)(C)C)c(=O)n(C)c1=O. The van der Waals surface area contributed by atoms with Crippen molar-refractivity contribution in [1.82, 2.24) is 19.4 Å². The predicted octanol–water partition coefficient (Wildman–Crippen LogP) is -0.0527. The molecule has 0 saturated carbocycles. The molecule has 3 aliphatic heterocycles. The van der Waals surface area contributed by atoms with Gasteiger partial charge in [-0.25, -0.2) is 8.98 Å². The summed E-state index contributed by atoms with van der Waals surface area (Å²) < 4.78 is 47.1. The molecule has 4 rings (SSSR count). The van der Waals surface area contributed by atoms with Gasteiger partial charge in [0.2, 0.25) is 0 Å². The maximum Gasteiger partial charge on any atom is 0.332 e. The first kappa shape index (κ1) is 28.2. The van der Waals surface area contributed by atoms with E-state index < -0.39 is 53.7 Å². The van der Waals surface area contributed by atoms with E-state index >= 15 is 0 Å². The number of hydrogen-bond donors (Lipinski definition) is 2. The molecule has 0 aliphatic carbocycles. The predicted molar refractivity (Wildman–Crippen MR) is 141 cm³/mol. The highest BCUT2D eigenvalue weighted by Crippen LogP contribution is 2.51. The van der Waals surface area contributed by atoms with E-state index in [2.05, 4.69) is 31.0 Å². The number of aromatic nitrogens is 2. The zero-order chi connectivity index (χ0) is 27.6. The average molecular weight is 558 g/mol. The van der Waals surface area contributed by atoms with E-state index in [9.17, 15) is 18.0 Å². The third-order valence-electron chi connectivity index (χ3n) is 8.06. The van der Waals surface area contributed by atoms with Gasteiger partial charge in [0.1, 0.15) is 12.2 Å². The van der Waals surface area contributed by atoms with Crippen LogP contribution in [0.2, 0.25) is 18.1 Å². The number of hydrogen-bond acceptors (Lipinski definition) is 10. The zero-order valence-corrected chi connectivity index (χ0v) is 24.4. The second kappa shape index (κ2) is 9.43. The molecule has 37 heavy (non-hydrogen) atoms. The van der Waals surface area contributed by atoms with Crippen LogP contribution in [-0.2, 0) is 30.5 Å². The Morgan fingerprint density at radius 3 is 2.41 bits per heavy atom. The standard InChI is InChI=1S/C23H39N5O7SSi/c1-15-12-28(21(30)26(5)19(15)29)20-18(34-37(6,7)22(2,3)4)23(16(24)14-36(31,32)35-23)17(33-20)13-27-10-8-25-9-11-27/h12,14,17-18,20,25H,8-11,13,24H2,1-7H3/t17-,18+,20-,23-/m1/s1. The molecular formula is C23H39N5O7SSi. The van der Waals surface area contributed by atoms with E-state index in [-0.39, 0.29) is 10.7 Å². The minimum Gasteiger partial charge on any atom is -0.406 e. The van der Waals surface area contributed by atoms with E-state index in [0.717, 1.165) is 36.2 Å². The van der Waals surface area contributed by atoms with Gasteiger partial charge in [0.15, 0.2) is 20.1 Å². The fraction of sp³-hybridized carbons (Fsp3) is 0.739. The van der Waals surface area contributed by atoms with Crippen LogP contribution in [0.4, 0.5) is 0 Å². The van der Waals surface area contributed by atoms with Crippen molar-refractivity contribution in [2.45, 2.75) is 69.9 Å². The molecule has 4 heterocycles. The summed E-state index contributed by atoms with van der Waals surface area (Å²) in [6.45, 7) is 15.2. The summed E-state index contributed by atoms with van der Waals surface area (Å²) in [5.74, 6) is 0. The number of piperazine rings is 1. The van der Waals surface area contributed by atoms with E-state index in [0.29, 0.717) is 12.1 Å². The van der Waals surface area contributed by atoms with Gasteiger partial charge in [-0.3, -0.25) is 18.8 Å². The molecule has 4 atom stereocenters. The molecule has 0 bridgehead atoms. The molecule has 2 fully saturated rings. The van der Waals surface area contributed by atoms with Gasteiger partial charge in [-0.1, -0.05) is 20.8 Å². The van der Waals surface area contributed by atoms with Crippen molar-refractivity contribution in [2.24, 2.45) is 12.8 Å². The first-order valence-corrected chi connectivity index (χ1v) is 16.9. The molecule has 12 nitrogen and oxygen atoms in total. The Hall–Kier alpha value is -1.81. The van der Waals surface area contributed by atoms with Gasteiger partial charge in [0.05, 0.1) is 11.1 Å². The molecule has 3 aliphatic rings. The molecule has 0 unspecified atom stereocenters. The lowest BCUT2D eigenvalue weighted by Crippen LogP contribution is -2.60. The van der Waals surface area contributed by atoms with Crippen LogP contribution in [0.5, 0.6) is 0 Å². The average Bonchev–Trinajstić information content (AvgIpc) is 3.21. The third-order valence-corrected chi connectivity index (χ3v) is 13.6. The highest BCUT2D eigenvalue weighted by Gasteiger charge is 2.67. The second-order valence-electron chi connectivity index (χ2n) is 11.7. The van der Waals surface area contributed by atoms with Crippen molar-refractivity contribution in [3.8, 4) is 0 Å². The Kier molecular flexibility index (Phi) is 7.19. The number of rotatable bonds is 5. The first-order chi connectivity index (χ1) is 17.0. The van der Waals surface area contributed by atoms with Gasteiger partial charge in [0.25, 0.3) is 15.7 Å². The van der Waals surface area contributed by atoms with E-state index in [1.165, 1.54) is 17.8 Å². The van der Waals surface area contributed by atoms with Crippen molar-refractivity contribution in [1.29, 1.82) is 0 Å². The normalized spacial score (nSPS) is 30.7. The molecule has 0 aromatic carbocycles. The van der Waals surface area contributed by atoms with Gasteiger partial charge >= 0.3 is 5.69 Å². The topological polar surface area (TPSA) is 147 Å². The number of nitrogens with two attached hydrogens (primary N) is 1. The number of ether oxygens (including phenoxy) is 1. The summed E-state index contributed by atoms with van der Waals surface area (Å²) in [4.78, 5) is 27.9. The fourth-order valence-corrected chi connectivity index (χ4v) is 7.39. The fourth-order valence-electron chi connectivity index (χ4n) is 4.88. The number of aryl methyl sites for hydroxylation is 1. The summed E-state index contributed by atoms with van der Waals surface area (Å²) in [7, 11) is -5.33. The van der Waals surface area contributed by atoms with Crippen molar-refractivity contribution in [3.63, 3.8) is 0 Å². The summed E-state index contributed by atoms with van der Waals surface area (Å²) in [5.41, 5.74) is 4.07. The highest BCUT2D eigenvalue weighted by molar-refractivity contribution is 7.90. The minimum absolute atomic E-state index is 0.0200. The van der Waals surface area contributed by atoms with Gasteiger partial charge in [-0.05, 0) is 25.1 Å². The molecule has 2 saturated heterocycles. The van der Waals surface area contributed by atoms with Crippen LogP contribution in [0.25, 0.3) is 0 Å². The molecule has 208 valence electrons. The maximum absolute atomic E-state index is 13.3. The molecular weight excluding hydrogens is 518 g/mol. The molecule has 3 N–H and O–H groups in total. The lowest BCUT2D eigenvalue weighted by atomic mass is 9.88. The lowest BCUT2D eigenvalue weighted by molar-refractivity contribution is -0.0512. The molecule has 1 aromatic heterocycles. The van der Waals surface area contributed by atoms with Crippen molar-refractivity contribution in [3.05, 3.63) is 43.7 Å². The number of nitrogens with one attached hydrogen (secondary N) is 1. The van der Waals surface area contributed by atoms with Gasteiger partial charge in [0, 0.05) is 51.5 Å². The third kappa shape index (κ3) is 4.88. The number of nitrogens with zero attached hydrogens (tertiary/aromatic N) is 3. The van der Waals surface area contributed by atoms with Crippen molar-refractivity contribution < 1.29 is 21.8 Å².